The lowest BCUT2D eigenvalue weighted by Gasteiger charge is -2.09. The Hall–Kier alpha value is -1.53. The number of hydrogen-bond donors (Lipinski definition) is 1. The molecule has 0 saturated carbocycles. The molecule has 0 bridgehead atoms. The molecule has 1 N–H and O–H groups in total. The minimum Gasteiger partial charge on any atom is -0.497 e. The van der Waals surface area contributed by atoms with Crippen molar-refractivity contribution in [1.29, 1.82) is 0 Å². The Morgan fingerprint density at radius 2 is 1.67 bits per heavy atom. The molecule has 0 fully saturated rings. The van der Waals surface area contributed by atoms with Gasteiger partial charge in [-0.3, -0.25) is 4.72 Å². The fourth-order valence-corrected chi connectivity index (χ4v) is 3.33. The molecule has 0 heterocycles. The zero-order valence-electron chi connectivity index (χ0n) is 11.5. The summed E-state index contributed by atoms with van der Waals surface area (Å²) in [6.45, 7) is 0. The smallest absolute Gasteiger partial charge is 0.261 e. The van der Waals surface area contributed by atoms with E-state index in [1.165, 1.54) is 19.2 Å². The van der Waals surface area contributed by atoms with Crippen LogP contribution in [0.4, 0.5) is 5.69 Å². The molecular formula is C15H16BrNO3S. The molecule has 0 atom stereocenters. The van der Waals surface area contributed by atoms with Crippen molar-refractivity contribution >= 4 is 31.6 Å². The first-order valence-corrected chi connectivity index (χ1v) is 8.97. The van der Waals surface area contributed by atoms with Gasteiger partial charge in [0.2, 0.25) is 0 Å². The van der Waals surface area contributed by atoms with Gasteiger partial charge >= 0.3 is 0 Å². The van der Waals surface area contributed by atoms with Gasteiger partial charge in [0, 0.05) is 11.0 Å². The van der Waals surface area contributed by atoms with Crippen molar-refractivity contribution in [2.24, 2.45) is 0 Å². The van der Waals surface area contributed by atoms with Crippen LogP contribution in [0.15, 0.2) is 53.4 Å². The third-order valence-electron chi connectivity index (χ3n) is 2.96. The number of benzene rings is 2. The first-order valence-electron chi connectivity index (χ1n) is 6.37. The maximum atomic E-state index is 12.3. The Labute approximate surface area is 133 Å². The second-order valence-corrected chi connectivity index (χ2v) is 6.89. The first-order chi connectivity index (χ1) is 10.0. The summed E-state index contributed by atoms with van der Waals surface area (Å²) in [7, 11) is -2.04. The number of sulfonamides is 1. The zero-order chi connectivity index (χ0) is 15.3. The van der Waals surface area contributed by atoms with Gasteiger partial charge in [-0.2, -0.15) is 0 Å². The molecule has 6 heteroatoms. The van der Waals surface area contributed by atoms with Crippen LogP contribution in [0.25, 0.3) is 0 Å². The average molecular weight is 370 g/mol. The van der Waals surface area contributed by atoms with Crippen LogP contribution < -0.4 is 9.46 Å². The lowest BCUT2D eigenvalue weighted by molar-refractivity contribution is 0.414. The Bertz CT molecular complexity index is 682. The van der Waals surface area contributed by atoms with E-state index in [9.17, 15) is 8.42 Å². The van der Waals surface area contributed by atoms with Crippen molar-refractivity contribution in [2.75, 3.05) is 17.2 Å². The fourth-order valence-electron chi connectivity index (χ4n) is 1.82. The highest BCUT2D eigenvalue weighted by Crippen LogP contribution is 2.19. The van der Waals surface area contributed by atoms with E-state index in [2.05, 4.69) is 20.7 Å². The van der Waals surface area contributed by atoms with Gasteiger partial charge in [-0.05, 0) is 48.4 Å². The molecule has 4 nitrogen and oxygen atoms in total. The van der Waals surface area contributed by atoms with Gasteiger partial charge in [-0.25, -0.2) is 8.42 Å². The summed E-state index contributed by atoms with van der Waals surface area (Å²) in [5.74, 6) is 0.619. The number of anilines is 1. The Kier molecular flexibility index (Phi) is 5.25. The van der Waals surface area contributed by atoms with Gasteiger partial charge in [0.25, 0.3) is 10.0 Å². The summed E-state index contributed by atoms with van der Waals surface area (Å²) in [6.07, 6.45) is 0.908. The minimum absolute atomic E-state index is 0.202. The Morgan fingerprint density at radius 3 is 2.19 bits per heavy atom. The molecule has 0 spiro atoms. The monoisotopic (exact) mass is 369 g/mol. The summed E-state index contributed by atoms with van der Waals surface area (Å²) >= 11 is 3.37. The highest BCUT2D eigenvalue weighted by Gasteiger charge is 2.14. The van der Waals surface area contributed by atoms with Crippen LogP contribution in [0, 0.1) is 0 Å². The molecule has 0 aromatic heterocycles. The van der Waals surface area contributed by atoms with Crippen LogP contribution in [0.3, 0.4) is 0 Å². The lowest BCUT2D eigenvalue weighted by atomic mass is 10.2. The van der Waals surface area contributed by atoms with Gasteiger partial charge in [0.15, 0.2) is 0 Å². The normalized spacial score (nSPS) is 11.1. The number of ether oxygens (including phenoxy) is 1. The van der Waals surface area contributed by atoms with E-state index in [-0.39, 0.29) is 4.90 Å². The van der Waals surface area contributed by atoms with E-state index in [1.807, 2.05) is 12.1 Å². The Morgan fingerprint density at radius 1 is 1.05 bits per heavy atom. The number of nitrogens with one attached hydrogen (secondary N) is 1. The highest BCUT2D eigenvalue weighted by molar-refractivity contribution is 9.09. The summed E-state index contributed by atoms with van der Waals surface area (Å²) in [6, 6.07) is 13.6. The van der Waals surface area contributed by atoms with Gasteiger partial charge in [-0.1, -0.05) is 28.1 Å². The third kappa shape index (κ3) is 4.22. The second-order valence-electron chi connectivity index (χ2n) is 4.42. The summed E-state index contributed by atoms with van der Waals surface area (Å²) < 4.78 is 32.1. The summed E-state index contributed by atoms with van der Waals surface area (Å²) in [5.41, 5.74) is 1.70. The van der Waals surface area contributed by atoms with Crippen molar-refractivity contribution in [1.82, 2.24) is 0 Å². The van der Waals surface area contributed by atoms with Gasteiger partial charge in [-0.15, -0.1) is 0 Å². The second kappa shape index (κ2) is 6.95. The number of methoxy groups -OCH3 is 1. The predicted molar refractivity (Wildman–Crippen MR) is 87.7 cm³/mol. The molecular weight excluding hydrogens is 354 g/mol. The number of rotatable bonds is 6. The van der Waals surface area contributed by atoms with Crippen molar-refractivity contribution in [3.8, 4) is 5.75 Å². The van der Waals surface area contributed by atoms with E-state index >= 15 is 0 Å². The predicted octanol–water partition coefficient (Wildman–Crippen LogP) is 3.43. The molecule has 0 radical (unpaired) electrons. The Balaban J connectivity index is 2.16. The average Bonchev–Trinajstić information content (AvgIpc) is 2.49. The molecule has 0 aliphatic heterocycles. The van der Waals surface area contributed by atoms with E-state index in [0.717, 1.165) is 17.3 Å². The zero-order valence-corrected chi connectivity index (χ0v) is 13.9. The number of alkyl halides is 1. The molecule has 0 amide bonds. The number of halogens is 1. The van der Waals surface area contributed by atoms with E-state index in [4.69, 9.17) is 4.74 Å². The van der Waals surface area contributed by atoms with E-state index in [0.29, 0.717) is 11.4 Å². The minimum atomic E-state index is -3.58. The van der Waals surface area contributed by atoms with Gasteiger partial charge in [0.05, 0.1) is 12.0 Å². The van der Waals surface area contributed by atoms with Crippen molar-refractivity contribution < 1.29 is 13.2 Å². The lowest BCUT2D eigenvalue weighted by Crippen LogP contribution is -2.12. The molecule has 0 saturated heterocycles. The number of aryl methyl sites for hydroxylation is 1. The molecule has 112 valence electrons. The first kappa shape index (κ1) is 15.9. The highest BCUT2D eigenvalue weighted by atomic mass is 79.9. The quantitative estimate of drug-likeness (QED) is 0.793. The van der Waals surface area contributed by atoms with Crippen LogP contribution in [-0.4, -0.2) is 20.9 Å². The van der Waals surface area contributed by atoms with E-state index < -0.39 is 10.0 Å². The van der Waals surface area contributed by atoms with Crippen molar-refractivity contribution in [2.45, 2.75) is 11.3 Å². The van der Waals surface area contributed by atoms with Crippen molar-refractivity contribution in [3.63, 3.8) is 0 Å². The molecule has 2 aromatic carbocycles. The maximum absolute atomic E-state index is 12.3. The number of hydrogen-bond acceptors (Lipinski definition) is 3. The summed E-state index contributed by atoms with van der Waals surface area (Å²) in [5, 5.41) is 0.879. The molecule has 0 aliphatic carbocycles. The maximum Gasteiger partial charge on any atom is 0.261 e. The SMILES string of the molecule is COc1ccc(S(=O)(=O)Nc2ccc(CCBr)cc2)cc1. The largest absolute Gasteiger partial charge is 0.497 e. The standard InChI is InChI=1S/C15H16BrNO3S/c1-20-14-6-8-15(9-7-14)21(18,19)17-13-4-2-12(3-5-13)10-11-16/h2-9,17H,10-11H2,1H3. The van der Waals surface area contributed by atoms with Crippen molar-refractivity contribution in [3.05, 3.63) is 54.1 Å². The molecule has 0 unspecified atom stereocenters. The van der Waals surface area contributed by atoms with Gasteiger partial charge in [0.1, 0.15) is 5.75 Å². The molecule has 0 aliphatic rings. The van der Waals surface area contributed by atoms with Gasteiger partial charge < -0.3 is 4.74 Å². The van der Waals surface area contributed by atoms with E-state index in [1.54, 1.807) is 24.3 Å². The molecule has 2 aromatic rings. The fraction of sp³-hybridized carbons (Fsp3) is 0.200. The van der Waals surface area contributed by atoms with Crippen LogP contribution in [0.5, 0.6) is 5.75 Å². The van der Waals surface area contributed by atoms with Crippen LogP contribution in [0.1, 0.15) is 5.56 Å². The van der Waals surface area contributed by atoms with Crippen LogP contribution in [-0.2, 0) is 16.4 Å². The van der Waals surface area contributed by atoms with Crippen LogP contribution in [0.2, 0.25) is 0 Å². The molecule has 2 rings (SSSR count). The van der Waals surface area contributed by atoms with Crippen LogP contribution >= 0.6 is 15.9 Å². The topological polar surface area (TPSA) is 55.4 Å². The summed E-state index contributed by atoms with van der Waals surface area (Å²) in [4.78, 5) is 0.202. The molecule has 21 heavy (non-hydrogen) atoms. The third-order valence-corrected chi connectivity index (χ3v) is 4.75.